The molecule has 0 saturated heterocycles. The SMILES string of the molecule is CCCCCCC(NN)c1cccc(S(C)(=O)=O)c1. The minimum absolute atomic E-state index is 0.0126. The fourth-order valence-electron chi connectivity index (χ4n) is 2.08. The molecule has 3 N–H and O–H groups in total. The van der Waals surface area contributed by atoms with Crippen molar-refractivity contribution in [1.82, 2.24) is 5.43 Å². The second-order valence-electron chi connectivity index (χ2n) is 4.91. The van der Waals surface area contributed by atoms with Gasteiger partial charge in [0.1, 0.15) is 0 Å². The zero-order chi connectivity index (χ0) is 14.3. The fraction of sp³-hybridized carbons (Fsp3) is 0.571. The Morgan fingerprint density at radius 1 is 1.26 bits per heavy atom. The number of rotatable bonds is 8. The smallest absolute Gasteiger partial charge is 0.175 e. The van der Waals surface area contributed by atoms with Crippen molar-refractivity contribution in [1.29, 1.82) is 0 Å². The maximum Gasteiger partial charge on any atom is 0.175 e. The molecule has 0 aliphatic carbocycles. The van der Waals surface area contributed by atoms with Gasteiger partial charge >= 0.3 is 0 Å². The lowest BCUT2D eigenvalue weighted by molar-refractivity contribution is 0.481. The third-order valence-electron chi connectivity index (χ3n) is 3.24. The summed E-state index contributed by atoms with van der Waals surface area (Å²) in [5, 5.41) is 0. The van der Waals surface area contributed by atoms with Gasteiger partial charge in [0.05, 0.1) is 4.90 Å². The van der Waals surface area contributed by atoms with Crippen LogP contribution in [0, 0.1) is 0 Å². The molecule has 0 aromatic heterocycles. The molecule has 108 valence electrons. The first-order valence-corrected chi connectivity index (χ1v) is 8.64. The Kier molecular flexibility index (Phi) is 6.48. The Morgan fingerprint density at radius 3 is 2.58 bits per heavy atom. The highest BCUT2D eigenvalue weighted by Gasteiger charge is 2.13. The first-order valence-electron chi connectivity index (χ1n) is 6.75. The summed E-state index contributed by atoms with van der Waals surface area (Å²) >= 11 is 0. The van der Waals surface area contributed by atoms with Crippen LogP contribution in [0.1, 0.15) is 50.6 Å². The van der Waals surface area contributed by atoms with Crippen LogP contribution in [0.25, 0.3) is 0 Å². The Morgan fingerprint density at radius 2 is 2.00 bits per heavy atom. The predicted octanol–water partition coefficient (Wildman–Crippen LogP) is 2.56. The number of benzene rings is 1. The number of hydrogen-bond donors (Lipinski definition) is 2. The molecule has 0 radical (unpaired) electrons. The summed E-state index contributed by atoms with van der Waals surface area (Å²) in [5.74, 6) is 5.58. The minimum Gasteiger partial charge on any atom is -0.271 e. The van der Waals surface area contributed by atoms with Gasteiger partial charge in [0.2, 0.25) is 0 Å². The summed E-state index contributed by atoms with van der Waals surface area (Å²) in [6, 6.07) is 7.02. The van der Waals surface area contributed by atoms with E-state index in [0.29, 0.717) is 4.90 Å². The van der Waals surface area contributed by atoms with Crippen molar-refractivity contribution in [3.8, 4) is 0 Å². The van der Waals surface area contributed by atoms with Crippen LogP contribution in [-0.2, 0) is 9.84 Å². The predicted molar refractivity (Wildman–Crippen MR) is 78.4 cm³/mol. The standard InChI is InChI=1S/C14H24N2O2S/c1-3-4-5-6-10-14(16-15)12-8-7-9-13(11-12)19(2,17)18/h7-9,11,14,16H,3-6,10,15H2,1-2H3. The number of unbranched alkanes of at least 4 members (excludes halogenated alkanes) is 3. The van der Waals surface area contributed by atoms with Crippen LogP contribution < -0.4 is 11.3 Å². The van der Waals surface area contributed by atoms with Gasteiger partial charge in [-0.25, -0.2) is 8.42 Å². The van der Waals surface area contributed by atoms with Crippen molar-refractivity contribution in [2.24, 2.45) is 5.84 Å². The lowest BCUT2D eigenvalue weighted by atomic mass is 10.0. The van der Waals surface area contributed by atoms with Gasteiger partial charge in [-0.2, -0.15) is 0 Å². The summed E-state index contributed by atoms with van der Waals surface area (Å²) in [7, 11) is -3.16. The molecular formula is C14H24N2O2S. The quantitative estimate of drug-likeness (QED) is 0.437. The molecule has 0 spiro atoms. The van der Waals surface area contributed by atoms with E-state index in [1.807, 2.05) is 6.07 Å². The van der Waals surface area contributed by atoms with Gasteiger partial charge in [-0.3, -0.25) is 11.3 Å². The fourth-order valence-corrected chi connectivity index (χ4v) is 2.76. The van der Waals surface area contributed by atoms with Crippen molar-refractivity contribution in [2.75, 3.05) is 6.26 Å². The normalized spacial score (nSPS) is 13.4. The van der Waals surface area contributed by atoms with Crippen molar-refractivity contribution >= 4 is 9.84 Å². The van der Waals surface area contributed by atoms with E-state index in [4.69, 9.17) is 5.84 Å². The van der Waals surface area contributed by atoms with Gasteiger partial charge in [-0.05, 0) is 24.1 Å². The Balaban J connectivity index is 2.76. The highest BCUT2D eigenvalue weighted by atomic mass is 32.2. The van der Waals surface area contributed by atoms with E-state index >= 15 is 0 Å². The van der Waals surface area contributed by atoms with Gasteiger partial charge in [-0.1, -0.05) is 44.7 Å². The van der Waals surface area contributed by atoms with Crippen LogP contribution in [0.3, 0.4) is 0 Å². The molecule has 0 fully saturated rings. The van der Waals surface area contributed by atoms with E-state index in [0.717, 1.165) is 18.4 Å². The molecule has 4 nitrogen and oxygen atoms in total. The molecule has 1 unspecified atom stereocenters. The maximum absolute atomic E-state index is 11.5. The number of hydrazine groups is 1. The zero-order valence-corrected chi connectivity index (χ0v) is 12.5. The van der Waals surface area contributed by atoms with Gasteiger partial charge in [0.25, 0.3) is 0 Å². The molecular weight excluding hydrogens is 260 g/mol. The van der Waals surface area contributed by atoms with E-state index in [1.54, 1.807) is 18.2 Å². The highest BCUT2D eigenvalue weighted by molar-refractivity contribution is 7.90. The lowest BCUT2D eigenvalue weighted by Crippen LogP contribution is -2.28. The molecule has 1 atom stereocenters. The third-order valence-corrected chi connectivity index (χ3v) is 4.35. The Labute approximate surface area is 116 Å². The van der Waals surface area contributed by atoms with Gasteiger partial charge < -0.3 is 0 Å². The number of hydrogen-bond acceptors (Lipinski definition) is 4. The largest absolute Gasteiger partial charge is 0.271 e. The number of nitrogens with two attached hydrogens (primary N) is 1. The summed E-state index contributed by atoms with van der Waals surface area (Å²) in [5.41, 5.74) is 3.71. The Hall–Kier alpha value is -0.910. The van der Waals surface area contributed by atoms with Crippen LogP contribution in [-0.4, -0.2) is 14.7 Å². The maximum atomic E-state index is 11.5. The molecule has 0 saturated carbocycles. The first-order chi connectivity index (χ1) is 8.99. The average molecular weight is 284 g/mol. The summed E-state index contributed by atoms with van der Waals surface area (Å²) in [6.45, 7) is 2.17. The van der Waals surface area contributed by atoms with E-state index in [-0.39, 0.29) is 6.04 Å². The van der Waals surface area contributed by atoms with Crippen molar-refractivity contribution in [3.63, 3.8) is 0 Å². The molecule has 0 aliphatic heterocycles. The van der Waals surface area contributed by atoms with E-state index in [9.17, 15) is 8.42 Å². The Bertz CT molecular complexity index is 486. The molecule has 1 aromatic carbocycles. The molecule has 0 amide bonds. The summed E-state index contributed by atoms with van der Waals surface area (Å²) in [4.78, 5) is 0.346. The molecule has 19 heavy (non-hydrogen) atoms. The topological polar surface area (TPSA) is 72.2 Å². The third kappa shape index (κ3) is 5.30. The molecule has 0 bridgehead atoms. The average Bonchev–Trinajstić information content (AvgIpc) is 2.38. The minimum atomic E-state index is -3.16. The van der Waals surface area contributed by atoms with E-state index < -0.39 is 9.84 Å². The molecule has 0 heterocycles. The van der Waals surface area contributed by atoms with Crippen molar-refractivity contribution < 1.29 is 8.42 Å². The highest BCUT2D eigenvalue weighted by Crippen LogP contribution is 2.22. The molecule has 0 aliphatic rings. The second-order valence-corrected chi connectivity index (χ2v) is 6.93. The van der Waals surface area contributed by atoms with Crippen LogP contribution >= 0.6 is 0 Å². The molecule has 1 rings (SSSR count). The van der Waals surface area contributed by atoms with Crippen LogP contribution in [0.4, 0.5) is 0 Å². The zero-order valence-electron chi connectivity index (χ0n) is 11.7. The van der Waals surface area contributed by atoms with Crippen LogP contribution in [0.5, 0.6) is 0 Å². The summed E-state index contributed by atoms with van der Waals surface area (Å²) in [6.07, 6.45) is 6.83. The monoisotopic (exact) mass is 284 g/mol. The van der Waals surface area contributed by atoms with Gasteiger partial charge in [0.15, 0.2) is 9.84 Å². The van der Waals surface area contributed by atoms with Crippen LogP contribution in [0.2, 0.25) is 0 Å². The molecule has 5 heteroatoms. The molecule has 1 aromatic rings. The van der Waals surface area contributed by atoms with Crippen molar-refractivity contribution in [2.45, 2.75) is 50.0 Å². The summed E-state index contributed by atoms with van der Waals surface area (Å²) < 4.78 is 23.1. The number of sulfone groups is 1. The first kappa shape index (κ1) is 16.1. The van der Waals surface area contributed by atoms with Crippen LogP contribution in [0.15, 0.2) is 29.2 Å². The van der Waals surface area contributed by atoms with E-state index in [1.165, 1.54) is 25.5 Å². The lowest BCUT2D eigenvalue weighted by Gasteiger charge is -2.17. The second kappa shape index (κ2) is 7.62. The van der Waals surface area contributed by atoms with Gasteiger partial charge in [0, 0.05) is 12.3 Å². The van der Waals surface area contributed by atoms with Crippen molar-refractivity contribution in [3.05, 3.63) is 29.8 Å². The van der Waals surface area contributed by atoms with E-state index in [2.05, 4.69) is 12.3 Å². The van der Waals surface area contributed by atoms with Gasteiger partial charge in [-0.15, -0.1) is 0 Å². The number of nitrogens with one attached hydrogen (secondary N) is 1.